The molecule has 2 fully saturated rings. The largest absolute Gasteiger partial charge is 0.355 e. The highest BCUT2D eigenvalue weighted by Crippen LogP contribution is 2.33. The van der Waals surface area contributed by atoms with E-state index in [4.69, 9.17) is 9.97 Å². The first-order valence-corrected chi connectivity index (χ1v) is 11.0. The lowest BCUT2D eigenvalue weighted by atomic mass is 9.95. The van der Waals surface area contributed by atoms with E-state index in [0.717, 1.165) is 88.6 Å². The number of aromatic nitrogens is 2. The second-order valence-corrected chi connectivity index (χ2v) is 8.38. The highest BCUT2D eigenvalue weighted by Gasteiger charge is 2.32. The van der Waals surface area contributed by atoms with Crippen molar-refractivity contribution >= 4 is 11.7 Å². The van der Waals surface area contributed by atoms with Crippen molar-refractivity contribution in [2.75, 3.05) is 44.2 Å². The van der Waals surface area contributed by atoms with Crippen LogP contribution in [0.4, 0.5) is 5.82 Å². The number of amides is 1. The van der Waals surface area contributed by atoms with Crippen LogP contribution in [0.3, 0.4) is 0 Å². The number of benzene rings is 1. The summed E-state index contributed by atoms with van der Waals surface area (Å²) in [5, 5.41) is 3.34. The quantitative estimate of drug-likeness (QED) is 0.870. The van der Waals surface area contributed by atoms with Crippen LogP contribution in [0, 0.1) is 5.92 Å². The number of carbonyl (C=O) groups excluding carboxylic acids is 1. The minimum Gasteiger partial charge on any atom is -0.355 e. The molecule has 152 valence electrons. The molecular weight excluding hydrogens is 362 g/mol. The summed E-state index contributed by atoms with van der Waals surface area (Å²) < 4.78 is 0. The molecule has 1 aliphatic carbocycles. The van der Waals surface area contributed by atoms with Gasteiger partial charge in [-0.05, 0) is 32.1 Å². The van der Waals surface area contributed by atoms with Crippen molar-refractivity contribution in [3.63, 3.8) is 0 Å². The molecule has 2 aromatic rings. The predicted molar refractivity (Wildman–Crippen MR) is 114 cm³/mol. The average molecular weight is 392 g/mol. The summed E-state index contributed by atoms with van der Waals surface area (Å²) >= 11 is 0. The summed E-state index contributed by atoms with van der Waals surface area (Å²) in [4.78, 5) is 27.4. The number of fused-ring (bicyclic) bond motifs is 1. The minimum absolute atomic E-state index is 0.0778. The van der Waals surface area contributed by atoms with Crippen LogP contribution in [0.25, 0.3) is 11.4 Å². The first kappa shape index (κ1) is 18.6. The van der Waals surface area contributed by atoms with Crippen molar-refractivity contribution in [3.05, 3.63) is 41.6 Å². The number of piperidine rings is 1. The lowest BCUT2D eigenvalue weighted by Crippen LogP contribution is -2.51. The molecule has 1 aromatic carbocycles. The van der Waals surface area contributed by atoms with Gasteiger partial charge in [-0.2, -0.15) is 0 Å². The second kappa shape index (κ2) is 8.11. The number of nitrogens with one attached hydrogen (secondary N) is 1. The molecular formula is C23H29N5O. The zero-order valence-corrected chi connectivity index (χ0v) is 16.9. The van der Waals surface area contributed by atoms with Gasteiger partial charge in [0.25, 0.3) is 0 Å². The summed E-state index contributed by atoms with van der Waals surface area (Å²) in [5.74, 6) is 2.29. The van der Waals surface area contributed by atoms with Crippen LogP contribution in [0.2, 0.25) is 0 Å². The lowest BCUT2D eigenvalue weighted by molar-refractivity contribution is -0.136. The zero-order chi connectivity index (χ0) is 19.6. The fourth-order valence-corrected chi connectivity index (χ4v) is 4.91. The van der Waals surface area contributed by atoms with Gasteiger partial charge < -0.3 is 15.1 Å². The van der Waals surface area contributed by atoms with Gasteiger partial charge in [-0.25, -0.2) is 9.97 Å². The molecule has 6 nitrogen and oxygen atoms in total. The third kappa shape index (κ3) is 3.73. The van der Waals surface area contributed by atoms with E-state index in [1.54, 1.807) is 0 Å². The Hall–Kier alpha value is -2.47. The van der Waals surface area contributed by atoms with Crippen molar-refractivity contribution in [2.45, 2.75) is 32.1 Å². The van der Waals surface area contributed by atoms with Gasteiger partial charge in [-0.15, -0.1) is 0 Å². The molecule has 0 saturated carbocycles. The highest BCUT2D eigenvalue weighted by molar-refractivity contribution is 5.80. The lowest BCUT2D eigenvalue weighted by Gasteiger charge is -2.37. The maximum Gasteiger partial charge on any atom is 0.227 e. The molecule has 0 spiro atoms. The Morgan fingerprint density at radius 2 is 1.83 bits per heavy atom. The van der Waals surface area contributed by atoms with E-state index < -0.39 is 0 Å². The van der Waals surface area contributed by atoms with E-state index in [-0.39, 0.29) is 5.92 Å². The third-order valence-electron chi connectivity index (χ3n) is 6.44. The van der Waals surface area contributed by atoms with Gasteiger partial charge >= 0.3 is 0 Å². The van der Waals surface area contributed by atoms with Crippen LogP contribution in [-0.4, -0.2) is 60.0 Å². The Morgan fingerprint density at radius 3 is 2.66 bits per heavy atom. The molecule has 1 N–H and O–H groups in total. The van der Waals surface area contributed by atoms with Crippen LogP contribution in [0.15, 0.2) is 30.3 Å². The standard InChI is InChI=1S/C23H29N5O/c29-23(27-14-11-24-12-15-27)18-8-5-13-28(16-18)22-19-9-4-10-20(19)25-21(26-22)17-6-2-1-3-7-17/h1-3,6-7,18,24H,4-5,8-16H2/t18-/m0/s1. The molecule has 6 heteroatoms. The Labute approximate surface area is 172 Å². The van der Waals surface area contributed by atoms with Gasteiger partial charge in [0.2, 0.25) is 5.91 Å². The molecule has 29 heavy (non-hydrogen) atoms. The SMILES string of the molecule is O=C([C@H]1CCCN(c2nc(-c3ccccc3)nc3c2CCC3)C1)N1CCNCC1. The molecule has 5 rings (SSSR count). The zero-order valence-electron chi connectivity index (χ0n) is 16.9. The summed E-state index contributed by atoms with van der Waals surface area (Å²) in [5.41, 5.74) is 3.57. The maximum atomic E-state index is 13.1. The van der Waals surface area contributed by atoms with E-state index in [1.807, 2.05) is 23.1 Å². The smallest absolute Gasteiger partial charge is 0.227 e. The molecule has 0 radical (unpaired) electrons. The first-order chi connectivity index (χ1) is 14.3. The number of carbonyl (C=O) groups is 1. The number of anilines is 1. The van der Waals surface area contributed by atoms with Crippen LogP contribution in [0.5, 0.6) is 0 Å². The Bertz CT molecular complexity index is 878. The minimum atomic E-state index is 0.0778. The van der Waals surface area contributed by atoms with Gasteiger partial charge in [0, 0.05) is 56.1 Å². The average Bonchev–Trinajstić information content (AvgIpc) is 3.28. The van der Waals surface area contributed by atoms with Crippen molar-refractivity contribution < 1.29 is 4.79 Å². The van der Waals surface area contributed by atoms with Crippen molar-refractivity contribution in [1.82, 2.24) is 20.2 Å². The number of rotatable bonds is 3. The molecule has 1 atom stereocenters. The van der Waals surface area contributed by atoms with E-state index in [9.17, 15) is 4.79 Å². The molecule has 1 aromatic heterocycles. The summed E-state index contributed by atoms with van der Waals surface area (Å²) in [6.07, 6.45) is 5.25. The monoisotopic (exact) mass is 391 g/mol. The van der Waals surface area contributed by atoms with Crippen LogP contribution >= 0.6 is 0 Å². The molecule has 0 bridgehead atoms. The van der Waals surface area contributed by atoms with E-state index in [0.29, 0.717) is 5.91 Å². The van der Waals surface area contributed by atoms with E-state index in [1.165, 1.54) is 11.3 Å². The van der Waals surface area contributed by atoms with Gasteiger partial charge in [0.05, 0.1) is 5.92 Å². The fraction of sp³-hybridized carbons (Fsp3) is 0.522. The Morgan fingerprint density at radius 1 is 1.00 bits per heavy atom. The van der Waals surface area contributed by atoms with Crippen molar-refractivity contribution in [1.29, 1.82) is 0 Å². The maximum absolute atomic E-state index is 13.1. The number of nitrogens with zero attached hydrogens (tertiary/aromatic N) is 4. The third-order valence-corrected chi connectivity index (χ3v) is 6.44. The summed E-state index contributed by atoms with van der Waals surface area (Å²) in [7, 11) is 0. The molecule has 1 amide bonds. The molecule has 3 aliphatic rings. The molecule has 2 saturated heterocycles. The Kier molecular flexibility index (Phi) is 5.19. The van der Waals surface area contributed by atoms with Crippen molar-refractivity contribution in [2.24, 2.45) is 5.92 Å². The van der Waals surface area contributed by atoms with Crippen LogP contribution in [-0.2, 0) is 17.6 Å². The summed E-state index contributed by atoms with van der Waals surface area (Å²) in [6.45, 7) is 5.22. The number of piperazine rings is 1. The van der Waals surface area contributed by atoms with Crippen LogP contribution in [0.1, 0.15) is 30.5 Å². The topological polar surface area (TPSA) is 61.4 Å². The van der Waals surface area contributed by atoms with Gasteiger partial charge in [0.1, 0.15) is 5.82 Å². The number of hydrogen-bond acceptors (Lipinski definition) is 5. The Balaban J connectivity index is 1.42. The number of hydrogen-bond donors (Lipinski definition) is 1. The second-order valence-electron chi connectivity index (χ2n) is 8.38. The van der Waals surface area contributed by atoms with Gasteiger partial charge in [-0.3, -0.25) is 4.79 Å². The summed E-state index contributed by atoms with van der Waals surface area (Å²) in [6, 6.07) is 10.2. The highest BCUT2D eigenvalue weighted by atomic mass is 16.2. The predicted octanol–water partition coefficient (Wildman–Crippen LogP) is 2.28. The van der Waals surface area contributed by atoms with Gasteiger partial charge in [0.15, 0.2) is 5.82 Å². The van der Waals surface area contributed by atoms with Gasteiger partial charge in [-0.1, -0.05) is 30.3 Å². The van der Waals surface area contributed by atoms with E-state index >= 15 is 0 Å². The molecule has 0 unspecified atom stereocenters. The van der Waals surface area contributed by atoms with Crippen molar-refractivity contribution in [3.8, 4) is 11.4 Å². The van der Waals surface area contributed by atoms with Crippen LogP contribution < -0.4 is 10.2 Å². The first-order valence-electron chi connectivity index (χ1n) is 11.0. The molecule has 3 heterocycles. The normalized spacial score (nSPS) is 21.9. The number of aryl methyl sites for hydroxylation is 1. The molecule has 2 aliphatic heterocycles. The van der Waals surface area contributed by atoms with E-state index in [2.05, 4.69) is 22.3 Å². The fourth-order valence-electron chi connectivity index (χ4n) is 4.91.